The van der Waals surface area contributed by atoms with Crippen molar-refractivity contribution < 1.29 is 28.6 Å². The van der Waals surface area contributed by atoms with E-state index in [0.29, 0.717) is 12.0 Å². The van der Waals surface area contributed by atoms with Gasteiger partial charge in [0.1, 0.15) is 17.8 Å². The second kappa shape index (κ2) is 5.52. The molecule has 0 bridgehead atoms. The lowest BCUT2D eigenvalue weighted by Gasteiger charge is -2.30. The van der Waals surface area contributed by atoms with Gasteiger partial charge < -0.3 is 14.2 Å². The maximum atomic E-state index is 12.7. The van der Waals surface area contributed by atoms with Crippen LogP contribution in [0.4, 0.5) is 0 Å². The average molecular weight is 360 g/mol. The van der Waals surface area contributed by atoms with Gasteiger partial charge in [-0.1, -0.05) is 18.1 Å². The number of ether oxygens (including phenoxy) is 3. The molecule has 0 amide bonds. The lowest BCUT2D eigenvalue weighted by atomic mass is 9.78. The second-order valence-corrected chi connectivity index (χ2v) is 8.39. The van der Waals surface area contributed by atoms with Crippen molar-refractivity contribution >= 4 is 17.7 Å². The molecule has 2 saturated heterocycles. The Hall–Kier alpha value is -1.95. The highest BCUT2D eigenvalue weighted by atomic mass is 16.6. The van der Waals surface area contributed by atoms with Crippen LogP contribution < -0.4 is 0 Å². The first kappa shape index (κ1) is 17.5. The number of allylic oxidation sites excluding steroid dienone is 1. The Morgan fingerprint density at radius 1 is 1.31 bits per heavy atom. The first-order chi connectivity index (χ1) is 12.1. The maximum absolute atomic E-state index is 12.7. The van der Waals surface area contributed by atoms with Gasteiger partial charge in [0.2, 0.25) is 0 Å². The zero-order chi connectivity index (χ0) is 19.0. The predicted octanol–water partition coefficient (Wildman–Crippen LogP) is 2.12. The van der Waals surface area contributed by atoms with Gasteiger partial charge in [-0.05, 0) is 27.7 Å². The first-order valence-corrected chi connectivity index (χ1v) is 9.13. The molecule has 0 spiro atoms. The Morgan fingerprint density at radius 3 is 2.65 bits per heavy atom. The van der Waals surface area contributed by atoms with E-state index in [1.165, 1.54) is 6.08 Å². The lowest BCUT2D eigenvalue weighted by Crippen LogP contribution is -2.41. The van der Waals surface area contributed by atoms with Crippen molar-refractivity contribution in [3.05, 3.63) is 22.8 Å². The molecule has 4 rings (SSSR count). The van der Waals surface area contributed by atoms with Gasteiger partial charge in [-0.2, -0.15) is 0 Å². The van der Waals surface area contributed by atoms with Gasteiger partial charge in [0.25, 0.3) is 0 Å². The molecule has 2 heterocycles. The van der Waals surface area contributed by atoms with Crippen LogP contribution in [-0.4, -0.2) is 41.6 Å². The van der Waals surface area contributed by atoms with E-state index in [9.17, 15) is 14.4 Å². The molecule has 2 aliphatic carbocycles. The molecule has 0 radical (unpaired) electrons. The van der Waals surface area contributed by atoms with Crippen molar-refractivity contribution in [3.8, 4) is 0 Å². The van der Waals surface area contributed by atoms with Crippen LogP contribution in [0.3, 0.4) is 0 Å². The predicted molar refractivity (Wildman–Crippen MR) is 90.9 cm³/mol. The minimum atomic E-state index is -0.611. The van der Waals surface area contributed by atoms with Crippen molar-refractivity contribution in [2.24, 2.45) is 17.8 Å². The molecule has 0 aromatic heterocycles. The van der Waals surface area contributed by atoms with Gasteiger partial charge in [-0.3, -0.25) is 9.59 Å². The van der Waals surface area contributed by atoms with E-state index >= 15 is 0 Å². The monoisotopic (exact) mass is 360 g/mol. The van der Waals surface area contributed by atoms with Gasteiger partial charge in [0.15, 0.2) is 11.9 Å². The fourth-order valence-corrected chi connectivity index (χ4v) is 4.99. The summed E-state index contributed by atoms with van der Waals surface area (Å²) in [5.41, 5.74) is 1.85. The largest absolute Gasteiger partial charge is 0.461 e. The van der Waals surface area contributed by atoms with Crippen molar-refractivity contribution in [3.63, 3.8) is 0 Å². The molecule has 6 heteroatoms. The number of hydrogen-bond donors (Lipinski definition) is 0. The highest BCUT2D eigenvalue weighted by molar-refractivity contribution is 6.06. The fraction of sp³-hybridized carbons (Fsp3) is 0.650. The minimum Gasteiger partial charge on any atom is -0.461 e. The highest BCUT2D eigenvalue weighted by Gasteiger charge is 2.74. The van der Waals surface area contributed by atoms with E-state index in [0.717, 1.165) is 11.1 Å². The van der Waals surface area contributed by atoms with E-state index in [1.54, 1.807) is 6.92 Å². The normalized spacial score (nSPS) is 43.1. The molecule has 2 aliphatic heterocycles. The third kappa shape index (κ3) is 2.31. The highest BCUT2D eigenvalue weighted by Crippen LogP contribution is 2.60. The molecule has 140 valence electrons. The summed E-state index contributed by atoms with van der Waals surface area (Å²) in [6.45, 7) is 9.26. The van der Waals surface area contributed by atoms with Crippen molar-refractivity contribution in [2.75, 3.05) is 0 Å². The Morgan fingerprint density at radius 2 is 2.00 bits per heavy atom. The molecule has 6 nitrogen and oxygen atoms in total. The third-order valence-corrected chi connectivity index (χ3v) is 6.25. The van der Waals surface area contributed by atoms with Crippen LogP contribution in [0.1, 0.15) is 41.0 Å². The van der Waals surface area contributed by atoms with E-state index in [1.807, 2.05) is 27.7 Å². The molecule has 0 aromatic carbocycles. The van der Waals surface area contributed by atoms with Crippen LogP contribution in [0.5, 0.6) is 0 Å². The summed E-state index contributed by atoms with van der Waals surface area (Å²) in [4.78, 5) is 37.3. The summed E-state index contributed by atoms with van der Waals surface area (Å²) < 4.78 is 17.1. The second-order valence-electron chi connectivity index (χ2n) is 8.39. The van der Waals surface area contributed by atoms with Crippen molar-refractivity contribution in [1.29, 1.82) is 0 Å². The van der Waals surface area contributed by atoms with Crippen LogP contribution in [0.2, 0.25) is 0 Å². The number of ketones is 1. The van der Waals surface area contributed by atoms with E-state index < -0.39 is 35.8 Å². The zero-order valence-corrected chi connectivity index (χ0v) is 15.7. The van der Waals surface area contributed by atoms with Gasteiger partial charge in [0.05, 0.1) is 11.8 Å². The molecule has 7 unspecified atom stereocenters. The van der Waals surface area contributed by atoms with Crippen LogP contribution in [-0.2, 0) is 28.6 Å². The fourth-order valence-electron chi connectivity index (χ4n) is 4.99. The lowest BCUT2D eigenvalue weighted by molar-refractivity contribution is -0.148. The summed E-state index contributed by atoms with van der Waals surface area (Å²) in [7, 11) is 0. The zero-order valence-electron chi connectivity index (χ0n) is 15.7. The van der Waals surface area contributed by atoms with Crippen LogP contribution >= 0.6 is 0 Å². The van der Waals surface area contributed by atoms with Gasteiger partial charge in [-0.15, -0.1) is 0 Å². The minimum absolute atomic E-state index is 0.0133. The number of rotatable bonds is 2. The molecule has 26 heavy (non-hydrogen) atoms. The number of hydrogen-bond acceptors (Lipinski definition) is 6. The smallest absolute Gasteiger partial charge is 0.330 e. The van der Waals surface area contributed by atoms with Gasteiger partial charge >= 0.3 is 11.9 Å². The topological polar surface area (TPSA) is 82.2 Å². The molecule has 0 aromatic rings. The SMILES string of the molecule is CC(C)=CC(=O)OC1CC(C)=C2C(=O)C3OC3(C)C2C2OC(=O)C(C)C12. The number of carbonyl (C=O) groups is 3. The third-order valence-electron chi connectivity index (χ3n) is 6.25. The number of esters is 2. The van der Waals surface area contributed by atoms with Crippen molar-refractivity contribution in [1.82, 2.24) is 0 Å². The Bertz CT molecular complexity index is 773. The standard InChI is InChI=1S/C20H24O6/c1-8(2)6-12(21)24-11-7-9(3)13-15(20(5)18(26-20)16(13)22)17-14(11)10(4)19(23)25-17/h6,10-11,14-15,17-18H,7H2,1-5H3. The number of Topliss-reactive ketones (excluding diaryl/α,β-unsaturated/α-hetero) is 1. The molecule has 0 N–H and O–H groups in total. The van der Waals surface area contributed by atoms with E-state index in [2.05, 4.69) is 0 Å². The van der Waals surface area contributed by atoms with E-state index in [4.69, 9.17) is 14.2 Å². The summed E-state index contributed by atoms with van der Waals surface area (Å²) in [5, 5.41) is 0. The summed E-state index contributed by atoms with van der Waals surface area (Å²) in [6, 6.07) is 0. The molecular weight excluding hydrogens is 336 g/mol. The quantitative estimate of drug-likeness (QED) is 0.426. The summed E-state index contributed by atoms with van der Waals surface area (Å²) in [6.07, 6.45) is 0.438. The Balaban J connectivity index is 1.74. The number of fused-ring (bicyclic) bond motifs is 5. The maximum Gasteiger partial charge on any atom is 0.330 e. The van der Waals surface area contributed by atoms with Crippen LogP contribution in [0.15, 0.2) is 22.8 Å². The molecule has 1 saturated carbocycles. The van der Waals surface area contributed by atoms with Gasteiger partial charge in [-0.25, -0.2) is 4.79 Å². The summed E-state index contributed by atoms with van der Waals surface area (Å²) in [5.74, 6) is -1.72. The van der Waals surface area contributed by atoms with Crippen LogP contribution in [0.25, 0.3) is 0 Å². The molecule has 7 atom stereocenters. The van der Waals surface area contributed by atoms with Crippen LogP contribution in [0, 0.1) is 17.8 Å². The molecular formula is C20H24O6. The average Bonchev–Trinajstić information content (AvgIpc) is 3.08. The Kier molecular flexibility index (Phi) is 3.71. The number of carbonyl (C=O) groups excluding carboxylic acids is 3. The first-order valence-electron chi connectivity index (χ1n) is 9.13. The summed E-state index contributed by atoms with van der Waals surface area (Å²) >= 11 is 0. The van der Waals surface area contributed by atoms with Crippen molar-refractivity contribution in [2.45, 2.75) is 65.0 Å². The molecule has 3 fully saturated rings. The van der Waals surface area contributed by atoms with E-state index in [-0.39, 0.29) is 23.6 Å². The van der Waals surface area contributed by atoms with Gasteiger partial charge in [0, 0.05) is 24.0 Å². The number of epoxide rings is 1. The molecule has 4 aliphatic rings. The Labute approximate surface area is 152 Å².